The van der Waals surface area contributed by atoms with Crippen LogP contribution in [0.5, 0.6) is 5.75 Å². The van der Waals surface area contributed by atoms with Gasteiger partial charge in [0.2, 0.25) is 0 Å². The number of hydrogen-bond donors (Lipinski definition) is 1. The fraction of sp³-hybridized carbons (Fsp3) is 0.727. The van der Waals surface area contributed by atoms with Gasteiger partial charge in [-0.2, -0.15) is 16.9 Å². The Kier molecular flexibility index (Phi) is 5.15. The number of nitrogens with zero attached hydrogens (tertiary/aromatic N) is 2. The van der Waals surface area contributed by atoms with Crippen molar-refractivity contribution in [3.05, 3.63) is 11.9 Å². The van der Waals surface area contributed by atoms with E-state index in [9.17, 15) is 0 Å². The Hall–Kier alpha value is -0.680. The molecule has 1 aromatic heterocycles. The zero-order chi connectivity index (χ0) is 12.1. The number of thioether (sulfide) groups is 1. The lowest BCUT2D eigenvalue weighted by Gasteiger charge is -2.14. The highest BCUT2D eigenvalue weighted by Gasteiger charge is 2.16. The number of ether oxygens (including phenoxy) is 1. The van der Waals surface area contributed by atoms with E-state index in [1.165, 1.54) is 0 Å². The van der Waals surface area contributed by atoms with Crippen molar-refractivity contribution in [2.24, 2.45) is 18.7 Å². The molecule has 1 aromatic rings. The molecule has 0 bridgehead atoms. The zero-order valence-corrected chi connectivity index (χ0v) is 11.3. The number of methoxy groups -OCH3 is 1. The molecule has 1 atom stereocenters. The highest BCUT2D eigenvalue weighted by Crippen LogP contribution is 2.25. The first-order chi connectivity index (χ1) is 7.56. The molecule has 0 aromatic carbocycles. The van der Waals surface area contributed by atoms with E-state index >= 15 is 0 Å². The summed E-state index contributed by atoms with van der Waals surface area (Å²) >= 11 is 1.87. The molecule has 0 amide bonds. The summed E-state index contributed by atoms with van der Waals surface area (Å²) in [6.45, 7) is 4.42. The van der Waals surface area contributed by atoms with E-state index in [4.69, 9.17) is 10.5 Å². The monoisotopic (exact) mass is 243 g/mol. The summed E-state index contributed by atoms with van der Waals surface area (Å²) < 4.78 is 7.03. The van der Waals surface area contributed by atoms with E-state index in [2.05, 4.69) is 18.9 Å². The first kappa shape index (κ1) is 13.4. The molecule has 0 radical (unpaired) electrons. The average Bonchev–Trinajstić information content (AvgIpc) is 2.58. The van der Waals surface area contributed by atoms with Crippen molar-refractivity contribution in [2.75, 3.05) is 18.6 Å². The summed E-state index contributed by atoms with van der Waals surface area (Å²) in [6.07, 6.45) is 1.71. The molecule has 0 aliphatic rings. The van der Waals surface area contributed by atoms with Gasteiger partial charge in [0, 0.05) is 12.8 Å². The van der Waals surface area contributed by atoms with Crippen molar-refractivity contribution in [2.45, 2.75) is 19.9 Å². The topological polar surface area (TPSA) is 53.1 Å². The van der Waals surface area contributed by atoms with Gasteiger partial charge in [0.05, 0.1) is 25.0 Å². The van der Waals surface area contributed by atoms with Crippen LogP contribution in [0.2, 0.25) is 0 Å². The number of aryl methyl sites for hydroxylation is 1. The van der Waals surface area contributed by atoms with Crippen molar-refractivity contribution in [3.63, 3.8) is 0 Å². The summed E-state index contributed by atoms with van der Waals surface area (Å²) in [4.78, 5) is 0. The van der Waals surface area contributed by atoms with Gasteiger partial charge in [-0.1, -0.05) is 13.8 Å². The molecule has 1 rings (SSSR count). The molecule has 1 unspecified atom stereocenters. The fourth-order valence-electron chi connectivity index (χ4n) is 1.52. The number of hydrogen-bond acceptors (Lipinski definition) is 4. The van der Waals surface area contributed by atoms with Crippen molar-refractivity contribution in [1.29, 1.82) is 0 Å². The minimum absolute atomic E-state index is 0.0220. The first-order valence-corrected chi connectivity index (χ1v) is 6.61. The summed E-state index contributed by atoms with van der Waals surface area (Å²) in [5.74, 6) is 3.51. The predicted molar refractivity (Wildman–Crippen MR) is 68.9 cm³/mol. The van der Waals surface area contributed by atoms with Gasteiger partial charge < -0.3 is 10.5 Å². The van der Waals surface area contributed by atoms with E-state index in [-0.39, 0.29) is 6.04 Å². The SMILES string of the molecule is COc1cnn(C)c1C(N)CSCC(C)C. The van der Waals surface area contributed by atoms with Crippen LogP contribution in [0.4, 0.5) is 0 Å². The van der Waals surface area contributed by atoms with Gasteiger partial charge in [-0.15, -0.1) is 0 Å². The van der Waals surface area contributed by atoms with Crippen LogP contribution in [0.3, 0.4) is 0 Å². The molecule has 5 heteroatoms. The number of nitrogens with two attached hydrogens (primary N) is 1. The van der Waals surface area contributed by atoms with Crippen LogP contribution in [-0.4, -0.2) is 28.4 Å². The third-order valence-electron chi connectivity index (χ3n) is 2.27. The largest absolute Gasteiger partial charge is 0.493 e. The van der Waals surface area contributed by atoms with E-state index in [1.54, 1.807) is 18.0 Å². The molecule has 1 heterocycles. The second-order valence-corrected chi connectivity index (χ2v) is 5.33. The Bertz CT molecular complexity index is 325. The minimum Gasteiger partial charge on any atom is -0.493 e. The quantitative estimate of drug-likeness (QED) is 0.828. The molecular formula is C11H21N3OS. The maximum atomic E-state index is 6.14. The van der Waals surface area contributed by atoms with E-state index in [0.29, 0.717) is 5.92 Å². The second kappa shape index (κ2) is 6.15. The normalized spacial score (nSPS) is 13.1. The average molecular weight is 243 g/mol. The van der Waals surface area contributed by atoms with Crippen LogP contribution in [0.25, 0.3) is 0 Å². The van der Waals surface area contributed by atoms with Crippen molar-refractivity contribution >= 4 is 11.8 Å². The second-order valence-electron chi connectivity index (χ2n) is 4.26. The number of rotatable bonds is 6. The number of aromatic nitrogens is 2. The molecule has 0 fully saturated rings. The van der Waals surface area contributed by atoms with Crippen molar-refractivity contribution in [1.82, 2.24) is 9.78 Å². The first-order valence-electron chi connectivity index (χ1n) is 5.45. The standard InChI is InChI=1S/C11H21N3OS/c1-8(2)6-16-7-9(12)11-10(15-4)5-13-14(11)3/h5,8-9H,6-7,12H2,1-4H3. The Balaban J connectivity index is 2.58. The summed E-state index contributed by atoms with van der Waals surface area (Å²) in [6, 6.07) is -0.0220. The summed E-state index contributed by atoms with van der Waals surface area (Å²) in [5.41, 5.74) is 7.11. The molecule has 0 saturated carbocycles. The molecule has 2 N–H and O–H groups in total. The maximum Gasteiger partial charge on any atom is 0.161 e. The lowest BCUT2D eigenvalue weighted by atomic mass is 10.2. The molecule has 92 valence electrons. The van der Waals surface area contributed by atoms with Crippen molar-refractivity contribution in [3.8, 4) is 5.75 Å². The lowest BCUT2D eigenvalue weighted by molar-refractivity contribution is 0.405. The molecule has 0 aliphatic heterocycles. The van der Waals surface area contributed by atoms with Gasteiger partial charge in [-0.05, 0) is 11.7 Å². The van der Waals surface area contributed by atoms with Gasteiger partial charge in [-0.25, -0.2) is 0 Å². The van der Waals surface area contributed by atoms with Crippen LogP contribution in [-0.2, 0) is 7.05 Å². The third-order valence-corrected chi connectivity index (χ3v) is 3.77. The smallest absolute Gasteiger partial charge is 0.161 e. The van der Waals surface area contributed by atoms with Gasteiger partial charge in [0.25, 0.3) is 0 Å². The van der Waals surface area contributed by atoms with Gasteiger partial charge in [0.15, 0.2) is 5.75 Å². The third kappa shape index (κ3) is 3.42. The highest BCUT2D eigenvalue weighted by molar-refractivity contribution is 7.99. The predicted octanol–water partition coefficient (Wildman–Crippen LogP) is 1.82. The van der Waals surface area contributed by atoms with E-state index < -0.39 is 0 Å². The van der Waals surface area contributed by atoms with Crippen LogP contribution < -0.4 is 10.5 Å². The van der Waals surface area contributed by atoms with Crippen LogP contribution in [0, 0.1) is 5.92 Å². The summed E-state index contributed by atoms with van der Waals surface area (Å²) in [5, 5.41) is 4.15. The van der Waals surface area contributed by atoms with Gasteiger partial charge in [-0.3, -0.25) is 4.68 Å². The molecule has 4 nitrogen and oxygen atoms in total. The van der Waals surface area contributed by atoms with Gasteiger partial charge >= 0.3 is 0 Å². The zero-order valence-electron chi connectivity index (χ0n) is 10.4. The van der Waals surface area contributed by atoms with Crippen LogP contribution in [0.1, 0.15) is 25.6 Å². The molecule has 16 heavy (non-hydrogen) atoms. The Morgan fingerprint density at radius 2 is 2.19 bits per heavy atom. The van der Waals surface area contributed by atoms with Gasteiger partial charge in [0.1, 0.15) is 0 Å². The van der Waals surface area contributed by atoms with Crippen molar-refractivity contribution < 1.29 is 4.74 Å². The Morgan fingerprint density at radius 1 is 1.50 bits per heavy atom. The van der Waals surface area contributed by atoms with E-state index in [1.807, 2.05) is 18.8 Å². The highest BCUT2D eigenvalue weighted by atomic mass is 32.2. The molecule has 0 aliphatic carbocycles. The minimum atomic E-state index is -0.0220. The molecule has 0 spiro atoms. The summed E-state index contributed by atoms with van der Waals surface area (Å²) in [7, 11) is 3.54. The maximum absolute atomic E-state index is 6.14. The van der Waals surface area contributed by atoms with E-state index in [0.717, 1.165) is 22.9 Å². The Labute approximate surface area is 102 Å². The fourth-order valence-corrected chi connectivity index (χ4v) is 2.54. The lowest BCUT2D eigenvalue weighted by Crippen LogP contribution is -2.18. The molecular weight excluding hydrogens is 222 g/mol. The van der Waals surface area contributed by atoms with Crippen LogP contribution in [0.15, 0.2) is 6.20 Å². The van der Waals surface area contributed by atoms with Crippen LogP contribution >= 0.6 is 11.8 Å². The molecule has 0 saturated heterocycles. The Morgan fingerprint density at radius 3 is 2.75 bits per heavy atom.